The second kappa shape index (κ2) is 7.38. The van der Waals surface area contributed by atoms with Crippen molar-refractivity contribution in [1.82, 2.24) is 29.9 Å². The minimum atomic E-state index is -0.464. The van der Waals surface area contributed by atoms with Crippen molar-refractivity contribution < 1.29 is 5.11 Å². The highest BCUT2D eigenvalue weighted by atomic mass is 16.3. The Labute approximate surface area is 168 Å². The van der Waals surface area contributed by atoms with Gasteiger partial charge in [-0.05, 0) is 17.6 Å². The highest BCUT2D eigenvalue weighted by Crippen LogP contribution is 2.32. The summed E-state index contributed by atoms with van der Waals surface area (Å²) in [5, 5.41) is 19.2. The van der Waals surface area contributed by atoms with E-state index in [-0.39, 0.29) is 5.92 Å². The number of benzene rings is 1. The molecule has 148 valence electrons. The summed E-state index contributed by atoms with van der Waals surface area (Å²) in [6, 6.07) is 10.2. The molecule has 2 atom stereocenters. The van der Waals surface area contributed by atoms with Gasteiger partial charge in [0.25, 0.3) is 0 Å². The van der Waals surface area contributed by atoms with Crippen LogP contribution in [0.25, 0.3) is 5.57 Å². The Morgan fingerprint density at radius 3 is 2.83 bits per heavy atom. The van der Waals surface area contributed by atoms with Crippen molar-refractivity contribution in [2.75, 3.05) is 25.4 Å². The number of hydrogen-bond donors (Lipinski definition) is 2. The van der Waals surface area contributed by atoms with E-state index in [1.165, 1.54) is 11.9 Å². The first-order valence-electron chi connectivity index (χ1n) is 9.80. The summed E-state index contributed by atoms with van der Waals surface area (Å²) in [6.45, 7) is 2.74. The Kier molecular flexibility index (Phi) is 4.57. The van der Waals surface area contributed by atoms with Gasteiger partial charge in [0.05, 0.1) is 24.0 Å². The Morgan fingerprint density at radius 1 is 1.10 bits per heavy atom. The molecule has 3 N–H and O–H groups in total. The van der Waals surface area contributed by atoms with E-state index in [2.05, 4.69) is 43.4 Å². The fraction of sp³-hybridized carbons (Fsp3) is 0.333. The number of rotatable bonds is 5. The number of likely N-dealkylation sites (tertiary alicyclic amines) is 1. The summed E-state index contributed by atoms with van der Waals surface area (Å²) < 4.78 is 1.83. The minimum absolute atomic E-state index is 0.0449. The summed E-state index contributed by atoms with van der Waals surface area (Å²) in [7, 11) is 0. The molecule has 0 unspecified atom stereocenters. The molecule has 0 radical (unpaired) electrons. The third kappa shape index (κ3) is 3.52. The van der Waals surface area contributed by atoms with Crippen molar-refractivity contribution in [2.24, 2.45) is 0 Å². The van der Waals surface area contributed by atoms with Gasteiger partial charge in [0.15, 0.2) is 0 Å². The molecular weight excluding hydrogens is 366 g/mol. The zero-order valence-electron chi connectivity index (χ0n) is 16.0. The number of nitrogen functional groups attached to an aromatic ring is 1. The molecule has 0 spiro atoms. The van der Waals surface area contributed by atoms with Gasteiger partial charge in [-0.3, -0.25) is 4.90 Å². The molecule has 5 rings (SSSR count). The van der Waals surface area contributed by atoms with Crippen molar-refractivity contribution >= 4 is 11.4 Å². The molecular formula is C21H23N7O. The van der Waals surface area contributed by atoms with Crippen LogP contribution in [0.3, 0.4) is 0 Å². The molecule has 0 saturated carbocycles. The average Bonchev–Trinajstić information content (AvgIpc) is 3.43. The van der Waals surface area contributed by atoms with Crippen molar-refractivity contribution in [3.05, 3.63) is 71.4 Å². The molecule has 0 bridgehead atoms. The van der Waals surface area contributed by atoms with Gasteiger partial charge in [-0.2, -0.15) is 0 Å². The number of allylic oxidation sites excluding steroid dienone is 1. The first kappa shape index (κ1) is 18.0. The number of nitrogens with zero attached hydrogens (tertiary/aromatic N) is 6. The van der Waals surface area contributed by atoms with Crippen molar-refractivity contribution in [1.29, 1.82) is 0 Å². The van der Waals surface area contributed by atoms with Gasteiger partial charge in [-0.25, -0.2) is 14.6 Å². The third-order valence-electron chi connectivity index (χ3n) is 5.72. The second-order valence-corrected chi connectivity index (χ2v) is 7.71. The Balaban J connectivity index is 1.26. The van der Waals surface area contributed by atoms with E-state index in [0.717, 1.165) is 42.0 Å². The summed E-state index contributed by atoms with van der Waals surface area (Å²) in [4.78, 5) is 10.7. The van der Waals surface area contributed by atoms with Gasteiger partial charge in [-0.1, -0.05) is 41.6 Å². The minimum Gasteiger partial charge on any atom is -0.391 e. The van der Waals surface area contributed by atoms with E-state index < -0.39 is 6.10 Å². The zero-order chi connectivity index (χ0) is 19.8. The molecule has 0 amide bonds. The van der Waals surface area contributed by atoms with Gasteiger partial charge in [0.2, 0.25) is 0 Å². The molecule has 1 fully saturated rings. The summed E-state index contributed by atoms with van der Waals surface area (Å²) in [5.41, 5.74) is 11.1. The molecule has 2 aromatic heterocycles. The smallest absolute Gasteiger partial charge is 0.130 e. The highest BCUT2D eigenvalue weighted by molar-refractivity contribution is 5.74. The molecule has 3 heterocycles. The van der Waals surface area contributed by atoms with Crippen LogP contribution in [-0.4, -0.2) is 60.7 Å². The number of fused-ring (bicyclic) bond motifs is 1. The zero-order valence-corrected chi connectivity index (χ0v) is 16.0. The van der Waals surface area contributed by atoms with Crippen molar-refractivity contribution in [2.45, 2.75) is 25.0 Å². The van der Waals surface area contributed by atoms with E-state index >= 15 is 0 Å². The van der Waals surface area contributed by atoms with Gasteiger partial charge in [0, 0.05) is 37.3 Å². The first-order valence-corrected chi connectivity index (χ1v) is 9.80. The van der Waals surface area contributed by atoms with Gasteiger partial charge in [-0.15, -0.1) is 5.10 Å². The van der Waals surface area contributed by atoms with Crippen LogP contribution in [0.4, 0.5) is 5.82 Å². The lowest BCUT2D eigenvalue weighted by Crippen LogP contribution is -2.24. The van der Waals surface area contributed by atoms with Crippen LogP contribution in [0.15, 0.2) is 48.9 Å². The Hall–Kier alpha value is -3.10. The molecule has 1 aliphatic heterocycles. The Bertz CT molecular complexity index is 1050. The lowest BCUT2D eigenvalue weighted by atomic mass is 10.0. The molecule has 1 aliphatic carbocycles. The first-order chi connectivity index (χ1) is 14.2. The number of aliphatic hydroxyl groups is 1. The van der Waals surface area contributed by atoms with E-state index in [9.17, 15) is 5.11 Å². The molecule has 2 aliphatic rings. The molecule has 29 heavy (non-hydrogen) atoms. The van der Waals surface area contributed by atoms with Gasteiger partial charge >= 0.3 is 0 Å². The van der Waals surface area contributed by atoms with Crippen LogP contribution in [0, 0.1) is 0 Å². The maximum Gasteiger partial charge on any atom is 0.130 e. The van der Waals surface area contributed by atoms with E-state index in [1.54, 1.807) is 0 Å². The third-order valence-corrected chi connectivity index (χ3v) is 5.72. The standard InChI is InChI=1S/C21H23N7O/c22-21-16-7-6-15(20(16)23-13-24-21)9-27-10-17(19(29)12-27)18-11-28(26-25-18)8-14-4-2-1-3-5-14/h1-6,11,13,17,19,29H,7-10,12H2,(H2,22,23,24)/t17-,19+/m1/s1. The predicted molar refractivity (Wildman–Crippen MR) is 109 cm³/mol. The fourth-order valence-corrected chi connectivity index (χ4v) is 4.22. The SMILES string of the molecule is Nc1ncnc2c1CC=C2CN1C[C@H](c2cn(Cc3ccccc3)nn2)[C@@H](O)C1. The van der Waals surface area contributed by atoms with Crippen LogP contribution < -0.4 is 5.73 Å². The lowest BCUT2D eigenvalue weighted by molar-refractivity contribution is 0.165. The van der Waals surface area contributed by atoms with Crippen LogP contribution in [0.1, 0.15) is 28.4 Å². The van der Waals surface area contributed by atoms with Crippen LogP contribution in [-0.2, 0) is 13.0 Å². The van der Waals surface area contributed by atoms with E-state index in [4.69, 9.17) is 5.73 Å². The summed E-state index contributed by atoms with van der Waals surface area (Å²) in [6.07, 6.45) is 5.92. The highest BCUT2D eigenvalue weighted by Gasteiger charge is 2.35. The molecule has 1 saturated heterocycles. The van der Waals surface area contributed by atoms with E-state index in [1.807, 2.05) is 29.1 Å². The van der Waals surface area contributed by atoms with Gasteiger partial charge < -0.3 is 10.8 Å². The number of aliphatic hydroxyl groups excluding tert-OH is 1. The van der Waals surface area contributed by atoms with Crippen LogP contribution in [0.2, 0.25) is 0 Å². The van der Waals surface area contributed by atoms with Crippen molar-refractivity contribution in [3.8, 4) is 0 Å². The fourth-order valence-electron chi connectivity index (χ4n) is 4.22. The second-order valence-electron chi connectivity index (χ2n) is 7.71. The summed E-state index contributed by atoms with van der Waals surface area (Å²) >= 11 is 0. The normalized spacial score (nSPS) is 21.3. The largest absolute Gasteiger partial charge is 0.391 e. The number of aromatic nitrogens is 5. The molecule has 3 aromatic rings. The Morgan fingerprint density at radius 2 is 1.97 bits per heavy atom. The van der Waals surface area contributed by atoms with Crippen molar-refractivity contribution in [3.63, 3.8) is 0 Å². The van der Waals surface area contributed by atoms with E-state index in [0.29, 0.717) is 18.9 Å². The number of nitrogens with two attached hydrogens (primary N) is 1. The topological polar surface area (TPSA) is 106 Å². The lowest BCUT2D eigenvalue weighted by Gasteiger charge is -2.16. The summed E-state index contributed by atoms with van der Waals surface area (Å²) in [5.74, 6) is 0.507. The number of hydrogen-bond acceptors (Lipinski definition) is 7. The molecule has 8 nitrogen and oxygen atoms in total. The average molecular weight is 389 g/mol. The van der Waals surface area contributed by atoms with Gasteiger partial charge in [0.1, 0.15) is 12.1 Å². The number of anilines is 1. The predicted octanol–water partition coefficient (Wildman–Crippen LogP) is 1.10. The number of β-amino-alcohol motifs (C(OH)–C–C–N with tert-alkyl or cyclic N) is 1. The van der Waals surface area contributed by atoms with Crippen LogP contribution in [0.5, 0.6) is 0 Å². The monoisotopic (exact) mass is 389 g/mol. The van der Waals surface area contributed by atoms with Crippen LogP contribution >= 0.6 is 0 Å². The maximum atomic E-state index is 10.6. The molecule has 1 aromatic carbocycles. The molecule has 8 heteroatoms. The maximum absolute atomic E-state index is 10.6. The quantitative estimate of drug-likeness (QED) is 0.673.